The Balaban J connectivity index is 2.33. The molecule has 4 heteroatoms. The van der Waals surface area contributed by atoms with E-state index in [1.165, 1.54) is 11.8 Å². The van der Waals surface area contributed by atoms with Crippen molar-refractivity contribution in [3.63, 3.8) is 0 Å². The third kappa shape index (κ3) is 2.60. The molecule has 0 radical (unpaired) electrons. The molecule has 0 bridgehead atoms. The van der Waals surface area contributed by atoms with Gasteiger partial charge in [-0.3, -0.25) is 10.0 Å². The second kappa shape index (κ2) is 5.21. The van der Waals surface area contributed by atoms with Gasteiger partial charge in [-0.15, -0.1) is 11.8 Å². The molecule has 2 aromatic carbocycles. The molecular formula is C13H13NO2S. The van der Waals surface area contributed by atoms with Gasteiger partial charge < -0.3 is 0 Å². The quantitative estimate of drug-likeness (QED) is 0.498. The number of rotatable bonds is 3. The third-order valence-electron chi connectivity index (χ3n) is 2.53. The van der Waals surface area contributed by atoms with E-state index in [9.17, 15) is 4.79 Å². The van der Waals surface area contributed by atoms with Crippen molar-refractivity contribution < 1.29 is 10.0 Å². The van der Waals surface area contributed by atoms with Gasteiger partial charge in [0.15, 0.2) is 0 Å². The van der Waals surface area contributed by atoms with Gasteiger partial charge in [0.25, 0.3) is 5.91 Å². The zero-order valence-corrected chi connectivity index (χ0v) is 10.2. The standard InChI is InChI=1S/C13H13NO2S/c1-9(13(15)14-16)17-12-8-4-6-10-5-2-3-7-11(10)12/h2-9,16H,1H3,(H,14,15). The second-order valence-electron chi connectivity index (χ2n) is 3.71. The van der Waals surface area contributed by atoms with Gasteiger partial charge in [0.05, 0.1) is 5.25 Å². The van der Waals surface area contributed by atoms with Gasteiger partial charge in [-0.1, -0.05) is 36.4 Å². The SMILES string of the molecule is CC(Sc1cccc2ccccc12)C(=O)NO. The highest BCUT2D eigenvalue weighted by Crippen LogP contribution is 2.30. The Hall–Kier alpha value is -1.52. The smallest absolute Gasteiger partial charge is 0.256 e. The molecule has 1 amide bonds. The first-order chi connectivity index (χ1) is 8.22. The van der Waals surface area contributed by atoms with Gasteiger partial charge in [0, 0.05) is 4.90 Å². The highest BCUT2D eigenvalue weighted by molar-refractivity contribution is 8.00. The minimum atomic E-state index is -0.386. The summed E-state index contributed by atoms with van der Waals surface area (Å²) >= 11 is 1.43. The van der Waals surface area contributed by atoms with Crippen LogP contribution in [0.2, 0.25) is 0 Å². The fraction of sp³-hybridized carbons (Fsp3) is 0.154. The first-order valence-corrected chi connectivity index (χ1v) is 6.18. The Bertz CT molecular complexity index is 536. The molecule has 0 aliphatic heterocycles. The Morgan fingerprint density at radius 2 is 1.94 bits per heavy atom. The average Bonchev–Trinajstić information content (AvgIpc) is 2.38. The van der Waals surface area contributed by atoms with Crippen molar-refractivity contribution in [1.82, 2.24) is 5.48 Å². The van der Waals surface area contributed by atoms with Crippen LogP contribution in [0.25, 0.3) is 10.8 Å². The Labute approximate surface area is 104 Å². The summed E-state index contributed by atoms with van der Waals surface area (Å²) in [4.78, 5) is 12.3. The van der Waals surface area contributed by atoms with Crippen LogP contribution < -0.4 is 5.48 Å². The average molecular weight is 247 g/mol. The molecule has 1 atom stereocenters. The molecule has 0 heterocycles. The van der Waals surface area contributed by atoms with Crippen LogP contribution in [-0.2, 0) is 4.79 Å². The van der Waals surface area contributed by atoms with Crippen LogP contribution in [-0.4, -0.2) is 16.4 Å². The lowest BCUT2D eigenvalue weighted by Gasteiger charge is -2.10. The molecule has 0 spiro atoms. The number of carbonyl (C=O) groups excluding carboxylic acids is 1. The van der Waals surface area contributed by atoms with Crippen LogP contribution in [0, 0.1) is 0 Å². The van der Waals surface area contributed by atoms with Crippen molar-refractivity contribution >= 4 is 28.4 Å². The molecule has 0 aliphatic rings. The molecule has 2 aromatic rings. The van der Waals surface area contributed by atoms with Crippen LogP contribution in [0.4, 0.5) is 0 Å². The number of hydroxylamine groups is 1. The van der Waals surface area contributed by atoms with Crippen LogP contribution in [0.5, 0.6) is 0 Å². The number of fused-ring (bicyclic) bond motifs is 1. The lowest BCUT2D eigenvalue weighted by Crippen LogP contribution is -2.27. The van der Waals surface area contributed by atoms with Crippen LogP contribution >= 0.6 is 11.8 Å². The Morgan fingerprint density at radius 1 is 1.24 bits per heavy atom. The van der Waals surface area contributed by atoms with Crippen LogP contribution in [0.1, 0.15) is 6.92 Å². The monoisotopic (exact) mass is 247 g/mol. The Kier molecular flexibility index (Phi) is 3.66. The maximum atomic E-state index is 11.3. The fourth-order valence-corrected chi connectivity index (χ4v) is 2.64. The van der Waals surface area contributed by atoms with E-state index in [2.05, 4.69) is 0 Å². The summed E-state index contributed by atoms with van der Waals surface area (Å²) < 4.78 is 0. The van der Waals surface area contributed by atoms with Crippen molar-refractivity contribution in [2.45, 2.75) is 17.1 Å². The van der Waals surface area contributed by atoms with E-state index in [1.54, 1.807) is 12.4 Å². The van der Waals surface area contributed by atoms with Gasteiger partial charge in [0.2, 0.25) is 0 Å². The number of benzene rings is 2. The molecule has 3 nitrogen and oxygen atoms in total. The highest BCUT2D eigenvalue weighted by Gasteiger charge is 2.14. The van der Waals surface area contributed by atoms with E-state index in [-0.39, 0.29) is 11.2 Å². The van der Waals surface area contributed by atoms with Gasteiger partial charge in [-0.05, 0) is 23.8 Å². The van der Waals surface area contributed by atoms with E-state index < -0.39 is 0 Å². The van der Waals surface area contributed by atoms with Crippen molar-refractivity contribution in [2.24, 2.45) is 0 Å². The minimum Gasteiger partial charge on any atom is -0.289 e. The molecule has 2 rings (SSSR count). The number of hydrogen-bond acceptors (Lipinski definition) is 3. The van der Waals surface area contributed by atoms with Crippen molar-refractivity contribution in [3.8, 4) is 0 Å². The molecule has 0 saturated heterocycles. The summed E-state index contributed by atoms with van der Waals surface area (Å²) in [6.45, 7) is 1.76. The number of nitrogens with one attached hydrogen (secondary N) is 1. The Morgan fingerprint density at radius 3 is 2.71 bits per heavy atom. The minimum absolute atomic E-state index is 0.328. The summed E-state index contributed by atoms with van der Waals surface area (Å²) in [5.74, 6) is -0.386. The summed E-state index contributed by atoms with van der Waals surface area (Å²) in [5, 5.41) is 10.5. The first-order valence-electron chi connectivity index (χ1n) is 5.30. The van der Waals surface area contributed by atoms with Crippen molar-refractivity contribution in [1.29, 1.82) is 0 Å². The molecule has 0 saturated carbocycles. The fourth-order valence-electron chi connectivity index (χ4n) is 1.63. The molecule has 0 fully saturated rings. The summed E-state index contributed by atoms with van der Waals surface area (Å²) in [7, 11) is 0. The lowest BCUT2D eigenvalue weighted by atomic mass is 10.1. The second-order valence-corrected chi connectivity index (χ2v) is 5.10. The predicted molar refractivity (Wildman–Crippen MR) is 69.2 cm³/mol. The maximum Gasteiger partial charge on any atom is 0.256 e. The zero-order chi connectivity index (χ0) is 12.3. The highest BCUT2D eigenvalue weighted by atomic mass is 32.2. The number of thioether (sulfide) groups is 1. The molecule has 0 aromatic heterocycles. The molecule has 1 unspecified atom stereocenters. The molecule has 17 heavy (non-hydrogen) atoms. The van der Waals surface area contributed by atoms with E-state index in [4.69, 9.17) is 5.21 Å². The largest absolute Gasteiger partial charge is 0.289 e. The zero-order valence-electron chi connectivity index (χ0n) is 9.38. The third-order valence-corrected chi connectivity index (χ3v) is 3.71. The molecule has 0 aliphatic carbocycles. The molecule has 2 N–H and O–H groups in total. The van der Waals surface area contributed by atoms with Crippen LogP contribution in [0.3, 0.4) is 0 Å². The normalized spacial score (nSPS) is 12.4. The van der Waals surface area contributed by atoms with Gasteiger partial charge in [0.1, 0.15) is 0 Å². The lowest BCUT2D eigenvalue weighted by molar-refractivity contribution is -0.128. The number of hydrogen-bond donors (Lipinski definition) is 2. The van der Waals surface area contributed by atoms with Crippen molar-refractivity contribution in [2.75, 3.05) is 0 Å². The first kappa shape index (κ1) is 12.0. The summed E-state index contributed by atoms with van der Waals surface area (Å²) in [6.07, 6.45) is 0. The summed E-state index contributed by atoms with van der Waals surface area (Å²) in [5.41, 5.74) is 1.67. The van der Waals surface area contributed by atoms with Gasteiger partial charge in [-0.2, -0.15) is 0 Å². The summed E-state index contributed by atoms with van der Waals surface area (Å²) in [6, 6.07) is 14.0. The van der Waals surface area contributed by atoms with E-state index in [0.29, 0.717) is 0 Å². The number of amides is 1. The van der Waals surface area contributed by atoms with E-state index >= 15 is 0 Å². The van der Waals surface area contributed by atoms with Gasteiger partial charge >= 0.3 is 0 Å². The predicted octanol–water partition coefficient (Wildman–Crippen LogP) is 2.83. The number of carbonyl (C=O) groups is 1. The topological polar surface area (TPSA) is 49.3 Å². The van der Waals surface area contributed by atoms with Crippen molar-refractivity contribution in [3.05, 3.63) is 42.5 Å². The maximum absolute atomic E-state index is 11.3. The molecule has 88 valence electrons. The van der Waals surface area contributed by atoms with Crippen LogP contribution in [0.15, 0.2) is 47.4 Å². The van der Waals surface area contributed by atoms with E-state index in [0.717, 1.165) is 15.7 Å². The van der Waals surface area contributed by atoms with Gasteiger partial charge in [-0.25, -0.2) is 5.48 Å². The van der Waals surface area contributed by atoms with E-state index in [1.807, 2.05) is 42.5 Å². The molecular weight excluding hydrogens is 234 g/mol.